The Balaban J connectivity index is 3.13. The van der Waals surface area contributed by atoms with Crippen molar-refractivity contribution in [2.75, 3.05) is 0 Å². The first-order valence-electron chi connectivity index (χ1n) is 4.00. The smallest absolute Gasteiger partial charge is 0.356 e. The van der Waals surface area contributed by atoms with Gasteiger partial charge in [-0.15, -0.1) is 0 Å². The van der Waals surface area contributed by atoms with Crippen LogP contribution in [-0.4, -0.2) is 21.3 Å². The number of nitrogens with one attached hydrogen (secondary N) is 1. The van der Waals surface area contributed by atoms with Crippen LogP contribution in [0.1, 0.15) is 35.6 Å². The summed E-state index contributed by atoms with van der Waals surface area (Å²) in [6.07, 6.45) is 1.50. The molecule has 0 unspecified atom stereocenters. The van der Waals surface area contributed by atoms with Crippen LogP contribution in [0.15, 0.2) is 0 Å². The molecule has 0 amide bonds. The van der Waals surface area contributed by atoms with Gasteiger partial charge in [0.05, 0.1) is 0 Å². The number of H-pyrrole nitrogens is 1. The molecule has 12 heavy (non-hydrogen) atoms. The van der Waals surface area contributed by atoms with Crippen LogP contribution in [0.4, 0.5) is 0 Å². The number of aromatic carboxylic acids is 1. The van der Waals surface area contributed by atoms with Gasteiger partial charge in [-0.3, -0.25) is 5.10 Å². The van der Waals surface area contributed by atoms with Gasteiger partial charge in [0.2, 0.25) is 0 Å². The minimum atomic E-state index is -0.956. The molecule has 0 aliphatic heterocycles. The number of aromatic nitrogens is 2. The van der Waals surface area contributed by atoms with Crippen LogP contribution >= 0.6 is 0 Å². The Morgan fingerprint density at radius 2 is 2.17 bits per heavy atom. The van der Waals surface area contributed by atoms with Crippen LogP contribution in [0.5, 0.6) is 0 Å². The van der Waals surface area contributed by atoms with Gasteiger partial charge >= 0.3 is 5.97 Å². The van der Waals surface area contributed by atoms with Crippen LogP contribution in [-0.2, 0) is 12.8 Å². The molecule has 0 aliphatic rings. The normalized spacial score (nSPS) is 10.2. The predicted octanol–water partition coefficient (Wildman–Crippen LogP) is 1.23. The van der Waals surface area contributed by atoms with Gasteiger partial charge in [-0.1, -0.05) is 13.8 Å². The van der Waals surface area contributed by atoms with Gasteiger partial charge in [-0.05, 0) is 12.8 Å². The Hall–Kier alpha value is -1.32. The Labute approximate surface area is 70.6 Å². The summed E-state index contributed by atoms with van der Waals surface area (Å²) in [5, 5.41) is 15.2. The fourth-order valence-corrected chi connectivity index (χ4v) is 1.25. The molecule has 0 saturated heterocycles. The number of aromatic amines is 1. The molecule has 1 aromatic rings. The lowest BCUT2D eigenvalue weighted by atomic mass is 10.1. The molecule has 0 aliphatic carbocycles. The first-order valence-corrected chi connectivity index (χ1v) is 4.00. The van der Waals surface area contributed by atoms with Crippen molar-refractivity contribution >= 4 is 5.97 Å². The molecule has 66 valence electrons. The Morgan fingerprint density at radius 3 is 2.58 bits per heavy atom. The highest BCUT2D eigenvalue weighted by molar-refractivity contribution is 5.87. The highest BCUT2D eigenvalue weighted by atomic mass is 16.4. The van der Waals surface area contributed by atoms with E-state index in [-0.39, 0.29) is 5.69 Å². The van der Waals surface area contributed by atoms with E-state index in [9.17, 15) is 4.79 Å². The van der Waals surface area contributed by atoms with Gasteiger partial charge in [0, 0.05) is 11.3 Å². The fraction of sp³-hybridized carbons (Fsp3) is 0.500. The highest BCUT2D eigenvalue weighted by Crippen LogP contribution is 2.12. The zero-order valence-electron chi connectivity index (χ0n) is 7.22. The van der Waals surface area contributed by atoms with E-state index in [0.717, 1.165) is 17.7 Å². The number of hydrogen-bond acceptors (Lipinski definition) is 2. The zero-order valence-corrected chi connectivity index (χ0v) is 7.22. The molecule has 2 N–H and O–H groups in total. The third-order valence-electron chi connectivity index (χ3n) is 1.86. The summed E-state index contributed by atoms with van der Waals surface area (Å²) >= 11 is 0. The van der Waals surface area contributed by atoms with Gasteiger partial charge in [0.25, 0.3) is 0 Å². The van der Waals surface area contributed by atoms with Crippen molar-refractivity contribution in [3.8, 4) is 0 Å². The first-order chi connectivity index (χ1) is 5.70. The third-order valence-corrected chi connectivity index (χ3v) is 1.86. The molecule has 1 aromatic heterocycles. The van der Waals surface area contributed by atoms with Crippen LogP contribution < -0.4 is 0 Å². The molecule has 0 radical (unpaired) electrons. The van der Waals surface area contributed by atoms with Crippen LogP contribution in [0.25, 0.3) is 0 Å². The minimum Gasteiger partial charge on any atom is -0.476 e. The molecule has 4 nitrogen and oxygen atoms in total. The van der Waals surface area contributed by atoms with Crippen molar-refractivity contribution in [2.45, 2.75) is 26.7 Å². The maximum absolute atomic E-state index is 10.6. The molecule has 0 atom stereocenters. The Bertz CT molecular complexity index is 291. The van der Waals surface area contributed by atoms with Crippen molar-refractivity contribution < 1.29 is 9.90 Å². The monoisotopic (exact) mass is 168 g/mol. The van der Waals surface area contributed by atoms with E-state index in [1.165, 1.54) is 0 Å². The highest BCUT2D eigenvalue weighted by Gasteiger charge is 2.15. The van der Waals surface area contributed by atoms with Gasteiger partial charge in [-0.2, -0.15) is 5.10 Å². The van der Waals surface area contributed by atoms with Crippen molar-refractivity contribution in [1.82, 2.24) is 10.2 Å². The van der Waals surface area contributed by atoms with Crippen molar-refractivity contribution in [3.63, 3.8) is 0 Å². The molecular weight excluding hydrogens is 156 g/mol. The number of nitrogens with zero attached hydrogens (tertiary/aromatic N) is 1. The third kappa shape index (κ3) is 1.32. The average molecular weight is 168 g/mol. The lowest BCUT2D eigenvalue weighted by Crippen LogP contribution is -2.01. The Kier molecular flexibility index (Phi) is 2.47. The van der Waals surface area contributed by atoms with Gasteiger partial charge in [0.1, 0.15) is 0 Å². The first kappa shape index (κ1) is 8.77. The van der Waals surface area contributed by atoms with Crippen molar-refractivity contribution in [2.24, 2.45) is 0 Å². The van der Waals surface area contributed by atoms with E-state index in [1.807, 2.05) is 13.8 Å². The number of hydrogen-bond donors (Lipinski definition) is 2. The maximum Gasteiger partial charge on any atom is 0.356 e. The number of rotatable bonds is 3. The molecular formula is C8H12N2O2. The molecule has 4 heteroatoms. The molecule has 0 aromatic carbocycles. The summed E-state index contributed by atoms with van der Waals surface area (Å²) in [7, 11) is 0. The lowest BCUT2D eigenvalue weighted by Gasteiger charge is -1.95. The number of carboxylic acid groups (broad SMARTS) is 1. The second kappa shape index (κ2) is 3.38. The lowest BCUT2D eigenvalue weighted by molar-refractivity contribution is 0.0689. The fourth-order valence-electron chi connectivity index (χ4n) is 1.25. The van der Waals surface area contributed by atoms with Gasteiger partial charge in [0.15, 0.2) is 5.69 Å². The van der Waals surface area contributed by atoms with E-state index < -0.39 is 5.97 Å². The summed E-state index contributed by atoms with van der Waals surface area (Å²) in [6.45, 7) is 3.90. The maximum atomic E-state index is 10.6. The molecule has 0 spiro atoms. The second-order valence-corrected chi connectivity index (χ2v) is 2.54. The topological polar surface area (TPSA) is 66.0 Å². The second-order valence-electron chi connectivity index (χ2n) is 2.54. The molecule has 0 fully saturated rings. The quantitative estimate of drug-likeness (QED) is 0.713. The van der Waals surface area contributed by atoms with Crippen molar-refractivity contribution in [1.29, 1.82) is 0 Å². The summed E-state index contributed by atoms with van der Waals surface area (Å²) in [6, 6.07) is 0. The molecule has 1 heterocycles. The average Bonchev–Trinajstić information content (AvgIpc) is 2.46. The van der Waals surface area contributed by atoms with Gasteiger partial charge < -0.3 is 5.11 Å². The van der Waals surface area contributed by atoms with E-state index >= 15 is 0 Å². The van der Waals surface area contributed by atoms with E-state index in [4.69, 9.17) is 5.11 Å². The summed E-state index contributed by atoms with van der Waals surface area (Å²) in [5.74, 6) is -0.956. The molecule has 0 bridgehead atoms. The van der Waals surface area contributed by atoms with E-state index in [0.29, 0.717) is 6.42 Å². The number of aryl methyl sites for hydroxylation is 1. The minimum absolute atomic E-state index is 0.161. The number of carbonyl (C=O) groups is 1. The van der Waals surface area contributed by atoms with E-state index in [2.05, 4.69) is 10.2 Å². The predicted molar refractivity (Wildman–Crippen MR) is 44.3 cm³/mol. The van der Waals surface area contributed by atoms with Crippen molar-refractivity contribution in [3.05, 3.63) is 17.0 Å². The summed E-state index contributed by atoms with van der Waals surface area (Å²) in [5.41, 5.74) is 1.91. The largest absolute Gasteiger partial charge is 0.476 e. The number of carboxylic acids is 1. The van der Waals surface area contributed by atoms with Crippen LogP contribution in [0, 0.1) is 0 Å². The standard InChI is InChI=1S/C8H12N2O2/c1-3-5-6(4-2)9-10-7(5)8(11)12/h3-4H2,1-2H3,(H,9,10)(H,11,12). The van der Waals surface area contributed by atoms with E-state index in [1.54, 1.807) is 0 Å². The SMILES string of the molecule is CCc1[nH]nc(C(=O)O)c1CC. The Morgan fingerprint density at radius 1 is 1.50 bits per heavy atom. The summed E-state index contributed by atoms with van der Waals surface area (Å²) in [4.78, 5) is 10.6. The zero-order chi connectivity index (χ0) is 9.14. The molecule has 0 saturated carbocycles. The van der Waals surface area contributed by atoms with Crippen LogP contribution in [0.3, 0.4) is 0 Å². The van der Waals surface area contributed by atoms with Crippen LogP contribution in [0.2, 0.25) is 0 Å². The van der Waals surface area contributed by atoms with Gasteiger partial charge in [-0.25, -0.2) is 4.79 Å². The molecule has 1 rings (SSSR count). The summed E-state index contributed by atoms with van der Waals surface area (Å²) < 4.78 is 0.